The molecule has 0 spiro atoms. The maximum atomic E-state index is 13.6. The number of hydroxylamine groups is 1. The lowest BCUT2D eigenvalue weighted by Crippen LogP contribution is -2.51. The molecule has 2 unspecified atom stereocenters. The number of nitrogens with zero attached hydrogens (tertiary/aromatic N) is 1. The van der Waals surface area contributed by atoms with Gasteiger partial charge in [0.15, 0.2) is 0 Å². The van der Waals surface area contributed by atoms with Crippen LogP contribution in [0.3, 0.4) is 0 Å². The molecule has 212 valence electrons. The van der Waals surface area contributed by atoms with Crippen LogP contribution in [0, 0.1) is 17.8 Å². The fourth-order valence-electron chi connectivity index (χ4n) is 5.42. The summed E-state index contributed by atoms with van der Waals surface area (Å²) in [4.78, 5) is 41.4. The van der Waals surface area contributed by atoms with Gasteiger partial charge in [0, 0.05) is 19.0 Å². The standard InChI is InChI=1S/C31H43N3O5/c1-5-10-26(30(36)33-38)27(17-21(2)3)29(35)32-28-15-6-7-16-34(31(28)37)20-22-11-8-12-23(18-22)24-13-9-14-25(19-24)39-4/h8-9,11-14,18-19,21,26-28,38H,5-7,10,15-17,20H2,1-4H3,(H,32,35)(H,33,36)/t26?,27?,28-/m0/s1. The van der Waals surface area contributed by atoms with Gasteiger partial charge in [-0.25, -0.2) is 5.48 Å². The van der Waals surface area contributed by atoms with Crippen molar-refractivity contribution in [3.63, 3.8) is 0 Å². The molecule has 3 atom stereocenters. The normalized spacial score (nSPS) is 17.3. The van der Waals surface area contributed by atoms with Crippen molar-refractivity contribution in [2.24, 2.45) is 17.8 Å². The predicted molar refractivity (Wildman–Crippen MR) is 151 cm³/mol. The SMILES string of the molecule is CCCC(C(=O)NO)C(CC(C)C)C(=O)N[C@H]1CCCCN(Cc2cccc(-c3cccc(OC)c3)c2)C1=O. The third-order valence-electron chi connectivity index (χ3n) is 7.40. The Labute approximate surface area is 232 Å². The van der Waals surface area contributed by atoms with Crippen LogP contribution in [0.15, 0.2) is 48.5 Å². The molecule has 3 N–H and O–H groups in total. The van der Waals surface area contributed by atoms with Crippen LogP contribution in [0.25, 0.3) is 11.1 Å². The van der Waals surface area contributed by atoms with E-state index in [2.05, 4.69) is 11.4 Å². The van der Waals surface area contributed by atoms with E-state index < -0.39 is 23.8 Å². The van der Waals surface area contributed by atoms with E-state index in [1.54, 1.807) is 12.6 Å². The van der Waals surface area contributed by atoms with Crippen LogP contribution in [0.5, 0.6) is 5.75 Å². The molecule has 8 heteroatoms. The summed E-state index contributed by atoms with van der Waals surface area (Å²) < 4.78 is 5.36. The van der Waals surface area contributed by atoms with E-state index in [-0.39, 0.29) is 17.7 Å². The van der Waals surface area contributed by atoms with E-state index in [4.69, 9.17) is 4.74 Å². The van der Waals surface area contributed by atoms with Crippen LogP contribution in [0.2, 0.25) is 0 Å². The molecule has 0 radical (unpaired) electrons. The molecule has 1 aliphatic heterocycles. The first-order valence-electron chi connectivity index (χ1n) is 14.0. The van der Waals surface area contributed by atoms with Crippen LogP contribution in [-0.2, 0) is 20.9 Å². The molecule has 3 rings (SSSR count). The van der Waals surface area contributed by atoms with Gasteiger partial charge in [0.25, 0.3) is 0 Å². The molecule has 2 aromatic carbocycles. The Morgan fingerprint density at radius 3 is 2.44 bits per heavy atom. The number of carbonyl (C=O) groups excluding carboxylic acids is 3. The number of likely N-dealkylation sites (tertiary alicyclic amines) is 1. The second-order valence-electron chi connectivity index (χ2n) is 10.9. The summed E-state index contributed by atoms with van der Waals surface area (Å²) in [7, 11) is 1.64. The number of hydrogen-bond donors (Lipinski definition) is 3. The average molecular weight is 538 g/mol. The smallest absolute Gasteiger partial charge is 0.247 e. The van der Waals surface area contributed by atoms with Crippen LogP contribution >= 0.6 is 0 Å². The molecular formula is C31H43N3O5. The maximum Gasteiger partial charge on any atom is 0.247 e. The summed E-state index contributed by atoms with van der Waals surface area (Å²) in [6.07, 6.45) is 3.90. The molecular weight excluding hydrogens is 494 g/mol. The van der Waals surface area contributed by atoms with E-state index in [0.717, 1.165) is 35.3 Å². The minimum atomic E-state index is -0.654. The molecule has 0 bridgehead atoms. The second kappa shape index (κ2) is 14.7. The summed E-state index contributed by atoms with van der Waals surface area (Å²) in [6.45, 7) is 7.01. The average Bonchev–Trinajstić information content (AvgIpc) is 3.11. The number of ether oxygens (including phenoxy) is 1. The number of amides is 3. The lowest BCUT2D eigenvalue weighted by molar-refractivity contribution is -0.143. The van der Waals surface area contributed by atoms with Crippen LogP contribution in [0.1, 0.15) is 64.9 Å². The van der Waals surface area contributed by atoms with Gasteiger partial charge in [-0.1, -0.05) is 57.5 Å². The lowest BCUT2D eigenvalue weighted by atomic mass is 9.81. The van der Waals surface area contributed by atoms with Crippen LogP contribution < -0.4 is 15.5 Å². The highest BCUT2D eigenvalue weighted by atomic mass is 16.5. The van der Waals surface area contributed by atoms with Gasteiger partial charge in [0.1, 0.15) is 11.8 Å². The summed E-state index contributed by atoms with van der Waals surface area (Å²) in [6, 6.07) is 15.4. The molecule has 1 heterocycles. The van der Waals surface area contributed by atoms with Crippen molar-refractivity contribution in [3.05, 3.63) is 54.1 Å². The van der Waals surface area contributed by atoms with Crippen molar-refractivity contribution < 1.29 is 24.3 Å². The van der Waals surface area contributed by atoms with Gasteiger partial charge in [-0.2, -0.15) is 0 Å². The van der Waals surface area contributed by atoms with Crippen molar-refractivity contribution in [1.82, 2.24) is 15.7 Å². The fraction of sp³-hybridized carbons (Fsp3) is 0.516. The third kappa shape index (κ3) is 8.30. The Hall–Kier alpha value is -3.39. The van der Waals surface area contributed by atoms with Gasteiger partial charge in [0.05, 0.1) is 13.0 Å². The first-order chi connectivity index (χ1) is 18.8. The topological polar surface area (TPSA) is 108 Å². The Bertz CT molecular complexity index is 1120. The highest BCUT2D eigenvalue weighted by molar-refractivity contribution is 5.91. The molecule has 0 saturated carbocycles. The monoisotopic (exact) mass is 537 g/mol. The minimum absolute atomic E-state index is 0.102. The van der Waals surface area contributed by atoms with Crippen molar-refractivity contribution >= 4 is 17.7 Å². The zero-order valence-corrected chi connectivity index (χ0v) is 23.6. The maximum absolute atomic E-state index is 13.6. The largest absolute Gasteiger partial charge is 0.497 e. The quantitative estimate of drug-likeness (QED) is 0.262. The Morgan fingerprint density at radius 1 is 1.05 bits per heavy atom. The molecule has 8 nitrogen and oxygen atoms in total. The zero-order chi connectivity index (χ0) is 28.4. The molecule has 2 aromatic rings. The Morgan fingerprint density at radius 2 is 1.77 bits per heavy atom. The molecule has 3 amide bonds. The van der Waals surface area contributed by atoms with E-state index >= 15 is 0 Å². The van der Waals surface area contributed by atoms with Crippen LogP contribution in [-0.4, -0.2) is 47.5 Å². The van der Waals surface area contributed by atoms with Gasteiger partial charge >= 0.3 is 0 Å². The lowest BCUT2D eigenvalue weighted by Gasteiger charge is -2.29. The number of carbonyl (C=O) groups is 3. The highest BCUT2D eigenvalue weighted by Crippen LogP contribution is 2.28. The molecule has 1 saturated heterocycles. The minimum Gasteiger partial charge on any atom is -0.497 e. The van der Waals surface area contributed by atoms with Gasteiger partial charge in [-0.15, -0.1) is 0 Å². The first kappa shape index (κ1) is 30.2. The summed E-state index contributed by atoms with van der Waals surface area (Å²) in [5, 5.41) is 12.3. The molecule has 0 aliphatic carbocycles. The number of nitrogens with one attached hydrogen (secondary N) is 2. The fourth-order valence-corrected chi connectivity index (χ4v) is 5.42. The number of rotatable bonds is 12. The van der Waals surface area contributed by atoms with Crippen molar-refractivity contribution in [2.45, 2.75) is 71.9 Å². The van der Waals surface area contributed by atoms with Crippen molar-refractivity contribution in [2.75, 3.05) is 13.7 Å². The van der Waals surface area contributed by atoms with Crippen molar-refractivity contribution in [3.8, 4) is 16.9 Å². The molecule has 0 aromatic heterocycles. The number of hydrogen-bond acceptors (Lipinski definition) is 5. The molecule has 39 heavy (non-hydrogen) atoms. The third-order valence-corrected chi connectivity index (χ3v) is 7.40. The number of benzene rings is 2. The summed E-state index contributed by atoms with van der Waals surface area (Å²) in [5.41, 5.74) is 4.82. The Balaban J connectivity index is 1.76. The van der Waals surface area contributed by atoms with Gasteiger partial charge in [0.2, 0.25) is 17.7 Å². The van der Waals surface area contributed by atoms with E-state index in [0.29, 0.717) is 38.8 Å². The van der Waals surface area contributed by atoms with E-state index in [1.807, 2.05) is 68.1 Å². The summed E-state index contributed by atoms with van der Waals surface area (Å²) >= 11 is 0. The predicted octanol–water partition coefficient (Wildman–Crippen LogP) is 4.94. The zero-order valence-electron chi connectivity index (χ0n) is 23.6. The van der Waals surface area contributed by atoms with Gasteiger partial charge < -0.3 is 15.0 Å². The first-order valence-corrected chi connectivity index (χ1v) is 14.0. The highest BCUT2D eigenvalue weighted by Gasteiger charge is 2.36. The van der Waals surface area contributed by atoms with Gasteiger partial charge in [-0.05, 0) is 72.9 Å². The Kier molecular flexibility index (Phi) is 11.3. The van der Waals surface area contributed by atoms with Crippen molar-refractivity contribution in [1.29, 1.82) is 0 Å². The molecule has 1 aliphatic rings. The van der Waals surface area contributed by atoms with Crippen LogP contribution in [0.4, 0.5) is 0 Å². The van der Waals surface area contributed by atoms with E-state index in [9.17, 15) is 19.6 Å². The summed E-state index contributed by atoms with van der Waals surface area (Å²) in [5.74, 6) is -1.28. The van der Waals surface area contributed by atoms with E-state index in [1.165, 1.54) is 0 Å². The second-order valence-corrected chi connectivity index (χ2v) is 10.9. The molecule has 1 fully saturated rings. The number of methoxy groups -OCH3 is 1. The van der Waals surface area contributed by atoms with Gasteiger partial charge in [-0.3, -0.25) is 19.6 Å².